The summed E-state index contributed by atoms with van der Waals surface area (Å²) in [5, 5.41) is 21.9. The van der Waals surface area contributed by atoms with Crippen LogP contribution in [0.15, 0.2) is 42.5 Å². The van der Waals surface area contributed by atoms with Gasteiger partial charge in [-0.3, -0.25) is 40.7 Å². The fraction of sp³-hybridized carbons (Fsp3) is 0.263. The standard InChI is InChI=1S/C19H20N6O6/c1-22-6-8-23(9-7-22)19(27)13-2-4-15(5-3-13)20-21-18(26)14-10-16(24(28)29)12-17(11-14)25(30)31/h2-5,10-12,20H,6-9H2,1H3,(H,21,26). The second-order valence-electron chi connectivity index (χ2n) is 7.00. The average molecular weight is 428 g/mol. The maximum Gasteiger partial charge on any atom is 0.277 e. The van der Waals surface area contributed by atoms with E-state index in [1.807, 2.05) is 7.05 Å². The van der Waals surface area contributed by atoms with Gasteiger partial charge >= 0.3 is 0 Å². The van der Waals surface area contributed by atoms with Crippen LogP contribution in [0.3, 0.4) is 0 Å². The largest absolute Gasteiger partial charge is 0.336 e. The summed E-state index contributed by atoms with van der Waals surface area (Å²) in [6.07, 6.45) is 0. The van der Waals surface area contributed by atoms with Gasteiger partial charge in [-0.25, -0.2) is 0 Å². The van der Waals surface area contributed by atoms with Gasteiger partial charge in [0, 0.05) is 43.9 Å². The predicted octanol–water partition coefficient (Wildman–Crippen LogP) is 1.65. The lowest BCUT2D eigenvalue weighted by molar-refractivity contribution is -0.394. The van der Waals surface area contributed by atoms with Crippen molar-refractivity contribution in [1.29, 1.82) is 0 Å². The topological polar surface area (TPSA) is 151 Å². The highest BCUT2D eigenvalue weighted by molar-refractivity contribution is 5.96. The fourth-order valence-corrected chi connectivity index (χ4v) is 3.03. The van der Waals surface area contributed by atoms with E-state index in [1.165, 1.54) is 0 Å². The first-order valence-electron chi connectivity index (χ1n) is 9.32. The number of nitrogens with one attached hydrogen (secondary N) is 2. The predicted molar refractivity (Wildman–Crippen MR) is 111 cm³/mol. The van der Waals surface area contributed by atoms with Crippen molar-refractivity contribution in [2.75, 3.05) is 38.7 Å². The van der Waals surface area contributed by atoms with Crippen molar-refractivity contribution in [2.24, 2.45) is 0 Å². The Morgan fingerprint density at radius 3 is 1.94 bits per heavy atom. The number of hydrogen-bond donors (Lipinski definition) is 2. The average Bonchev–Trinajstić information content (AvgIpc) is 2.77. The van der Waals surface area contributed by atoms with Gasteiger partial charge in [-0.2, -0.15) is 0 Å². The molecule has 2 amide bonds. The summed E-state index contributed by atoms with van der Waals surface area (Å²) >= 11 is 0. The molecule has 1 aliphatic rings. The molecule has 0 atom stereocenters. The molecule has 2 N–H and O–H groups in total. The number of nitrogens with zero attached hydrogens (tertiary/aromatic N) is 4. The number of nitro groups is 2. The molecule has 0 saturated carbocycles. The lowest BCUT2D eigenvalue weighted by Gasteiger charge is -2.32. The number of nitro benzene ring substituents is 2. The molecule has 0 aliphatic carbocycles. The number of anilines is 1. The van der Waals surface area contributed by atoms with Crippen molar-refractivity contribution in [3.63, 3.8) is 0 Å². The minimum absolute atomic E-state index is 0.0763. The minimum Gasteiger partial charge on any atom is -0.336 e. The summed E-state index contributed by atoms with van der Waals surface area (Å²) in [7, 11) is 2.00. The second-order valence-corrected chi connectivity index (χ2v) is 7.00. The summed E-state index contributed by atoms with van der Waals surface area (Å²) in [6, 6.07) is 9.10. The zero-order chi connectivity index (χ0) is 22.5. The highest BCUT2D eigenvalue weighted by Crippen LogP contribution is 2.22. The molecule has 12 nitrogen and oxygen atoms in total. The van der Waals surface area contributed by atoms with Crippen molar-refractivity contribution < 1.29 is 19.4 Å². The van der Waals surface area contributed by atoms with E-state index in [9.17, 15) is 29.8 Å². The highest BCUT2D eigenvalue weighted by atomic mass is 16.6. The summed E-state index contributed by atoms with van der Waals surface area (Å²) in [5.74, 6) is -0.864. The number of piperazine rings is 1. The number of rotatable bonds is 6. The van der Waals surface area contributed by atoms with E-state index in [4.69, 9.17) is 0 Å². The molecule has 0 radical (unpaired) electrons. The molecule has 2 aromatic carbocycles. The molecule has 0 spiro atoms. The number of hydrazine groups is 1. The molecule has 2 aromatic rings. The molecule has 1 fully saturated rings. The number of likely N-dealkylation sites (N-methyl/N-ethyl adjacent to an activating group) is 1. The van der Waals surface area contributed by atoms with E-state index in [0.717, 1.165) is 31.3 Å². The molecule has 0 bridgehead atoms. The van der Waals surface area contributed by atoms with Crippen LogP contribution in [0.2, 0.25) is 0 Å². The van der Waals surface area contributed by atoms with Gasteiger partial charge in [-0.1, -0.05) is 0 Å². The SMILES string of the molecule is CN1CCN(C(=O)c2ccc(NNC(=O)c3cc([N+](=O)[O-])cc([N+](=O)[O-])c3)cc2)CC1. The first-order valence-corrected chi connectivity index (χ1v) is 9.32. The lowest BCUT2D eigenvalue weighted by Crippen LogP contribution is -2.47. The van der Waals surface area contributed by atoms with Crippen LogP contribution in [-0.4, -0.2) is 64.7 Å². The number of benzene rings is 2. The highest BCUT2D eigenvalue weighted by Gasteiger charge is 2.21. The van der Waals surface area contributed by atoms with E-state index in [0.29, 0.717) is 24.3 Å². The van der Waals surface area contributed by atoms with Crippen molar-refractivity contribution in [3.05, 3.63) is 73.8 Å². The molecule has 1 heterocycles. The van der Waals surface area contributed by atoms with Gasteiger partial charge in [0.2, 0.25) is 0 Å². The summed E-state index contributed by atoms with van der Waals surface area (Å²) in [5.41, 5.74) is 4.55. The van der Waals surface area contributed by atoms with Crippen LogP contribution in [-0.2, 0) is 0 Å². The maximum atomic E-state index is 12.5. The molecule has 0 aromatic heterocycles. The number of carbonyl (C=O) groups is 2. The molecule has 1 saturated heterocycles. The first kappa shape index (κ1) is 21.6. The smallest absolute Gasteiger partial charge is 0.277 e. The molecular weight excluding hydrogens is 408 g/mol. The van der Waals surface area contributed by atoms with Crippen molar-refractivity contribution in [3.8, 4) is 0 Å². The molecule has 12 heteroatoms. The minimum atomic E-state index is -0.812. The number of amides is 2. The summed E-state index contributed by atoms with van der Waals surface area (Å²) in [4.78, 5) is 49.0. The van der Waals surface area contributed by atoms with Crippen LogP contribution in [0.25, 0.3) is 0 Å². The Balaban J connectivity index is 1.64. The summed E-state index contributed by atoms with van der Waals surface area (Å²) in [6.45, 7) is 2.93. The van der Waals surface area contributed by atoms with E-state index in [1.54, 1.807) is 29.2 Å². The van der Waals surface area contributed by atoms with Gasteiger partial charge in [0.05, 0.1) is 27.2 Å². The number of carbonyl (C=O) groups excluding carboxylic acids is 2. The van der Waals surface area contributed by atoms with Gasteiger partial charge in [0.25, 0.3) is 23.2 Å². The molecular formula is C19H20N6O6. The fourth-order valence-electron chi connectivity index (χ4n) is 3.03. The van der Waals surface area contributed by atoms with Gasteiger partial charge in [-0.05, 0) is 31.3 Å². The van der Waals surface area contributed by atoms with Gasteiger partial charge in [0.1, 0.15) is 0 Å². The van der Waals surface area contributed by atoms with Crippen molar-refractivity contribution in [2.45, 2.75) is 0 Å². The van der Waals surface area contributed by atoms with Crippen LogP contribution in [0.4, 0.5) is 17.1 Å². The Bertz CT molecular complexity index is 985. The maximum absolute atomic E-state index is 12.5. The third-order valence-electron chi connectivity index (χ3n) is 4.83. The molecule has 1 aliphatic heterocycles. The van der Waals surface area contributed by atoms with Gasteiger partial charge < -0.3 is 9.80 Å². The van der Waals surface area contributed by atoms with Gasteiger partial charge in [-0.15, -0.1) is 0 Å². The van der Waals surface area contributed by atoms with E-state index in [-0.39, 0.29) is 11.5 Å². The Morgan fingerprint density at radius 1 is 0.871 bits per heavy atom. The van der Waals surface area contributed by atoms with Crippen LogP contribution in [0.5, 0.6) is 0 Å². The van der Waals surface area contributed by atoms with Crippen LogP contribution < -0.4 is 10.9 Å². The number of non-ortho nitro benzene ring substituents is 2. The number of hydrogen-bond acceptors (Lipinski definition) is 8. The van der Waals surface area contributed by atoms with Crippen molar-refractivity contribution >= 4 is 28.9 Å². The van der Waals surface area contributed by atoms with Crippen LogP contribution in [0.1, 0.15) is 20.7 Å². The second kappa shape index (κ2) is 9.17. The molecule has 0 unspecified atom stereocenters. The zero-order valence-electron chi connectivity index (χ0n) is 16.6. The third-order valence-corrected chi connectivity index (χ3v) is 4.83. The quantitative estimate of drug-likeness (QED) is 0.521. The Hall–Kier alpha value is -4.06. The Morgan fingerprint density at radius 2 is 1.42 bits per heavy atom. The van der Waals surface area contributed by atoms with Gasteiger partial charge in [0.15, 0.2) is 0 Å². The normalized spacial score (nSPS) is 14.0. The first-order chi connectivity index (χ1) is 14.7. The van der Waals surface area contributed by atoms with Crippen molar-refractivity contribution in [1.82, 2.24) is 15.2 Å². The molecule has 162 valence electrons. The Labute approximate surface area is 176 Å². The van der Waals surface area contributed by atoms with E-state index >= 15 is 0 Å². The van der Waals surface area contributed by atoms with Crippen LogP contribution >= 0.6 is 0 Å². The molecule has 3 rings (SSSR count). The lowest BCUT2D eigenvalue weighted by atomic mass is 10.1. The summed E-state index contributed by atoms with van der Waals surface area (Å²) < 4.78 is 0. The Kier molecular flexibility index (Phi) is 6.40. The van der Waals surface area contributed by atoms with E-state index < -0.39 is 27.1 Å². The zero-order valence-corrected chi connectivity index (χ0v) is 16.6. The third kappa shape index (κ3) is 5.30. The van der Waals surface area contributed by atoms with Crippen LogP contribution in [0, 0.1) is 20.2 Å². The van der Waals surface area contributed by atoms with E-state index in [2.05, 4.69) is 15.8 Å². The molecule has 31 heavy (non-hydrogen) atoms. The monoisotopic (exact) mass is 428 g/mol.